The molecule has 0 amide bonds. The fourth-order valence-electron chi connectivity index (χ4n) is 3.11. The number of nitrogens with two attached hydrogens (primary N) is 1. The molecular weight excluding hydrogens is 356 g/mol. The van der Waals surface area contributed by atoms with Crippen molar-refractivity contribution >= 4 is 28.1 Å². The Balaban J connectivity index is 1.56. The number of fused-ring (bicyclic) bond motifs is 1. The summed E-state index contributed by atoms with van der Waals surface area (Å²) in [7, 11) is 0. The standard InChI is InChI=1S/C21H20N4OS/c1-14-2-5-16(6-3-14)26-9-8-25-13-23-12-20(25)18-11-24-19-7-4-15(21(22)27)10-17(18)19/h2-7,10-13,24H,8-9H2,1H3,(H2,22,27). The first-order chi connectivity index (χ1) is 13.1. The highest BCUT2D eigenvalue weighted by atomic mass is 32.1. The Hall–Kier alpha value is -3.12. The quantitative estimate of drug-likeness (QED) is 0.498. The fraction of sp³-hybridized carbons (Fsp3) is 0.143. The van der Waals surface area contributed by atoms with Crippen LogP contribution in [-0.2, 0) is 6.54 Å². The summed E-state index contributed by atoms with van der Waals surface area (Å²) >= 11 is 5.11. The van der Waals surface area contributed by atoms with Gasteiger partial charge in [-0.3, -0.25) is 0 Å². The zero-order chi connectivity index (χ0) is 18.8. The van der Waals surface area contributed by atoms with Crippen LogP contribution in [0, 0.1) is 6.92 Å². The van der Waals surface area contributed by atoms with Crippen LogP contribution in [0.3, 0.4) is 0 Å². The molecule has 3 N–H and O–H groups in total. The Bertz CT molecular complexity index is 1100. The lowest BCUT2D eigenvalue weighted by Crippen LogP contribution is -2.09. The van der Waals surface area contributed by atoms with E-state index in [0.29, 0.717) is 18.1 Å². The molecule has 6 heteroatoms. The van der Waals surface area contributed by atoms with Gasteiger partial charge in [-0.05, 0) is 37.3 Å². The first kappa shape index (κ1) is 17.3. The summed E-state index contributed by atoms with van der Waals surface area (Å²) in [5.74, 6) is 0.871. The number of aromatic nitrogens is 3. The van der Waals surface area contributed by atoms with E-state index in [0.717, 1.165) is 33.5 Å². The molecule has 0 unspecified atom stereocenters. The number of nitrogens with one attached hydrogen (secondary N) is 1. The van der Waals surface area contributed by atoms with Gasteiger partial charge in [0.05, 0.1) is 24.8 Å². The van der Waals surface area contributed by atoms with E-state index in [1.165, 1.54) is 5.56 Å². The van der Waals surface area contributed by atoms with Crippen LogP contribution in [0.2, 0.25) is 0 Å². The van der Waals surface area contributed by atoms with E-state index < -0.39 is 0 Å². The van der Waals surface area contributed by atoms with Crippen LogP contribution in [-0.4, -0.2) is 26.1 Å². The molecule has 0 bridgehead atoms. The van der Waals surface area contributed by atoms with E-state index in [1.54, 1.807) is 0 Å². The van der Waals surface area contributed by atoms with Crippen molar-refractivity contribution in [2.75, 3.05) is 6.61 Å². The van der Waals surface area contributed by atoms with Gasteiger partial charge in [0.25, 0.3) is 0 Å². The van der Waals surface area contributed by atoms with Crippen LogP contribution >= 0.6 is 12.2 Å². The molecule has 136 valence electrons. The minimum Gasteiger partial charge on any atom is -0.492 e. The molecule has 2 heterocycles. The number of benzene rings is 2. The van der Waals surface area contributed by atoms with E-state index in [4.69, 9.17) is 22.7 Å². The topological polar surface area (TPSA) is 68.9 Å². The average Bonchev–Trinajstić information content (AvgIpc) is 3.29. The van der Waals surface area contributed by atoms with E-state index in [2.05, 4.69) is 21.5 Å². The summed E-state index contributed by atoms with van der Waals surface area (Å²) in [6.07, 6.45) is 5.67. The Labute approximate surface area is 162 Å². The van der Waals surface area contributed by atoms with Gasteiger partial charge in [0.2, 0.25) is 0 Å². The summed E-state index contributed by atoms with van der Waals surface area (Å²) in [6, 6.07) is 14.0. The van der Waals surface area contributed by atoms with Gasteiger partial charge in [-0.2, -0.15) is 0 Å². The Morgan fingerprint density at radius 1 is 1.22 bits per heavy atom. The normalized spacial score (nSPS) is 11.0. The molecule has 0 atom stereocenters. The molecule has 4 aromatic rings. The van der Waals surface area contributed by atoms with Gasteiger partial charge in [-0.1, -0.05) is 29.9 Å². The predicted molar refractivity (Wildman–Crippen MR) is 112 cm³/mol. The van der Waals surface area contributed by atoms with Crippen LogP contribution in [0.25, 0.3) is 22.2 Å². The molecular formula is C21H20N4OS. The number of imidazole rings is 1. The van der Waals surface area contributed by atoms with Crippen molar-refractivity contribution in [1.82, 2.24) is 14.5 Å². The summed E-state index contributed by atoms with van der Waals surface area (Å²) in [5, 5.41) is 1.07. The van der Waals surface area contributed by atoms with Gasteiger partial charge in [0, 0.05) is 28.2 Å². The second kappa shape index (κ2) is 7.25. The molecule has 5 nitrogen and oxygen atoms in total. The maximum absolute atomic E-state index is 5.85. The van der Waals surface area contributed by atoms with E-state index in [1.807, 2.05) is 61.2 Å². The van der Waals surface area contributed by atoms with Crippen LogP contribution in [0.1, 0.15) is 11.1 Å². The largest absolute Gasteiger partial charge is 0.492 e. The van der Waals surface area contributed by atoms with Crippen LogP contribution < -0.4 is 10.5 Å². The molecule has 0 aliphatic rings. The summed E-state index contributed by atoms with van der Waals surface area (Å²) in [6.45, 7) is 3.32. The number of H-pyrrole nitrogens is 1. The number of hydrogen-bond acceptors (Lipinski definition) is 3. The minimum atomic E-state index is 0.393. The van der Waals surface area contributed by atoms with Gasteiger partial charge in [-0.25, -0.2) is 4.98 Å². The first-order valence-electron chi connectivity index (χ1n) is 8.73. The summed E-state index contributed by atoms with van der Waals surface area (Å²) < 4.78 is 7.94. The van der Waals surface area contributed by atoms with Gasteiger partial charge < -0.3 is 20.0 Å². The number of aromatic amines is 1. The number of hydrogen-bond donors (Lipinski definition) is 2. The molecule has 0 aliphatic heterocycles. The zero-order valence-corrected chi connectivity index (χ0v) is 15.8. The third-order valence-electron chi connectivity index (χ3n) is 4.58. The number of nitrogens with zero attached hydrogens (tertiary/aromatic N) is 2. The highest BCUT2D eigenvalue weighted by Crippen LogP contribution is 2.29. The Morgan fingerprint density at radius 2 is 2.04 bits per heavy atom. The van der Waals surface area contributed by atoms with E-state index >= 15 is 0 Å². The van der Waals surface area contributed by atoms with Crippen molar-refractivity contribution in [2.24, 2.45) is 5.73 Å². The molecule has 4 rings (SSSR count). The van der Waals surface area contributed by atoms with Gasteiger partial charge >= 0.3 is 0 Å². The number of thiocarbonyl (C=S) groups is 1. The highest BCUT2D eigenvalue weighted by molar-refractivity contribution is 7.80. The second-order valence-corrected chi connectivity index (χ2v) is 6.90. The highest BCUT2D eigenvalue weighted by Gasteiger charge is 2.12. The minimum absolute atomic E-state index is 0.393. The maximum Gasteiger partial charge on any atom is 0.119 e. The summed E-state index contributed by atoms with van der Waals surface area (Å²) in [4.78, 5) is 8.02. The lowest BCUT2D eigenvalue weighted by Gasteiger charge is -2.10. The van der Waals surface area contributed by atoms with E-state index in [9.17, 15) is 0 Å². The van der Waals surface area contributed by atoms with E-state index in [-0.39, 0.29) is 0 Å². The van der Waals surface area contributed by atoms with Crippen molar-refractivity contribution in [3.63, 3.8) is 0 Å². The van der Waals surface area contributed by atoms with Crippen LogP contribution in [0.15, 0.2) is 61.2 Å². The molecule has 0 spiro atoms. The molecule has 2 aromatic carbocycles. The Kier molecular flexibility index (Phi) is 4.64. The SMILES string of the molecule is Cc1ccc(OCCn2cncc2-c2c[nH]c3ccc(C(N)=S)cc23)cc1. The van der Waals surface area contributed by atoms with Gasteiger partial charge in [-0.15, -0.1) is 0 Å². The first-order valence-corrected chi connectivity index (χ1v) is 9.13. The lowest BCUT2D eigenvalue weighted by molar-refractivity contribution is 0.299. The molecule has 0 aliphatic carbocycles. The number of ether oxygens (including phenoxy) is 1. The van der Waals surface area contributed by atoms with Gasteiger partial charge in [0.15, 0.2) is 0 Å². The smallest absolute Gasteiger partial charge is 0.119 e. The van der Waals surface area contributed by atoms with Crippen LogP contribution in [0.4, 0.5) is 0 Å². The lowest BCUT2D eigenvalue weighted by atomic mass is 10.1. The molecule has 2 aromatic heterocycles. The predicted octanol–water partition coefficient (Wildman–Crippen LogP) is 4.05. The number of aryl methyl sites for hydroxylation is 1. The van der Waals surface area contributed by atoms with Crippen molar-refractivity contribution in [2.45, 2.75) is 13.5 Å². The van der Waals surface area contributed by atoms with Gasteiger partial charge in [0.1, 0.15) is 17.3 Å². The van der Waals surface area contributed by atoms with Crippen molar-refractivity contribution in [3.8, 4) is 17.0 Å². The van der Waals surface area contributed by atoms with Crippen molar-refractivity contribution in [3.05, 3.63) is 72.3 Å². The second-order valence-electron chi connectivity index (χ2n) is 6.46. The summed E-state index contributed by atoms with van der Waals surface area (Å²) in [5.41, 5.74) is 11.0. The molecule has 27 heavy (non-hydrogen) atoms. The molecule has 0 saturated heterocycles. The number of rotatable bonds is 6. The Morgan fingerprint density at radius 3 is 2.81 bits per heavy atom. The zero-order valence-electron chi connectivity index (χ0n) is 15.0. The average molecular weight is 376 g/mol. The molecule has 0 radical (unpaired) electrons. The van der Waals surface area contributed by atoms with Crippen LogP contribution in [0.5, 0.6) is 5.75 Å². The molecule has 0 fully saturated rings. The third-order valence-corrected chi connectivity index (χ3v) is 4.81. The van der Waals surface area contributed by atoms with Crippen molar-refractivity contribution in [1.29, 1.82) is 0 Å². The van der Waals surface area contributed by atoms with Crippen molar-refractivity contribution < 1.29 is 4.74 Å². The molecule has 0 saturated carbocycles. The fourth-order valence-corrected chi connectivity index (χ4v) is 3.23. The monoisotopic (exact) mass is 376 g/mol. The third kappa shape index (κ3) is 3.57. The maximum atomic E-state index is 5.85.